The van der Waals surface area contributed by atoms with Gasteiger partial charge in [0.25, 0.3) is 0 Å². The van der Waals surface area contributed by atoms with Crippen LogP contribution in [0.25, 0.3) is 0 Å². The van der Waals surface area contributed by atoms with E-state index in [1.807, 2.05) is 7.05 Å². The van der Waals surface area contributed by atoms with E-state index in [2.05, 4.69) is 56.3 Å². The van der Waals surface area contributed by atoms with Gasteiger partial charge in [-0.3, -0.25) is 9.89 Å². The summed E-state index contributed by atoms with van der Waals surface area (Å²) in [6, 6.07) is 9.11. The number of likely N-dealkylation sites (N-methyl/N-ethyl adjacent to an activating group) is 1. The molecule has 0 atom stereocenters. The van der Waals surface area contributed by atoms with Crippen molar-refractivity contribution in [3.8, 4) is 0 Å². The first kappa shape index (κ1) is 18.8. The summed E-state index contributed by atoms with van der Waals surface area (Å²) < 4.78 is 0. The molecule has 4 rings (SSSR count). The number of likely N-dealkylation sites (tertiary alicyclic amines) is 1. The van der Waals surface area contributed by atoms with Gasteiger partial charge in [0.2, 0.25) is 0 Å². The maximum atomic E-state index is 4.53. The van der Waals surface area contributed by atoms with Crippen molar-refractivity contribution in [1.82, 2.24) is 20.0 Å². The van der Waals surface area contributed by atoms with E-state index in [9.17, 15) is 0 Å². The molecule has 0 aromatic heterocycles. The number of hydrogen-bond acceptors (Lipinski definition) is 3. The highest BCUT2D eigenvalue weighted by Gasteiger charge is 2.43. The topological polar surface area (TPSA) is 34.1 Å². The van der Waals surface area contributed by atoms with Gasteiger partial charge in [0.05, 0.1) is 0 Å². The Morgan fingerprint density at radius 2 is 1.70 bits per heavy atom. The molecule has 1 aromatic carbocycles. The first-order valence-electron chi connectivity index (χ1n) is 10.6. The monoisotopic (exact) mass is 369 g/mol. The summed E-state index contributed by atoms with van der Waals surface area (Å²) in [5.41, 5.74) is 3.36. The Labute approximate surface area is 164 Å². The predicted octanol–water partition coefficient (Wildman–Crippen LogP) is 2.39. The molecule has 5 nitrogen and oxygen atoms in total. The van der Waals surface area contributed by atoms with Crippen LogP contribution in [0.3, 0.4) is 0 Å². The molecule has 27 heavy (non-hydrogen) atoms. The van der Waals surface area contributed by atoms with Crippen LogP contribution in [0, 0.1) is 5.41 Å². The van der Waals surface area contributed by atoms with E-state index in [1.165, 1.54) is 69.5 Å². The summed E-state index contributed by atoms with van der Waals surface area (Å²) in [7, 11) is 4.12. The lowest BCUT2D eigenvalue weighted by atomic mass is 9.68. The molecule has 0 amide bonds. The third-order valence-corrected chi connectivity index (χ3v) is 6.84. The van der Waals surface area contributed by atoms with Crippen LogP contribution >= 0.6 is 0 Å². The first-order chi connectivity index (χ1) is 13.2. The lowest BCUT2D eigenvalue weighted by molar-refractivity contribution is 0.148. The molecule has 3 aliphatic rings. The van der Waals surface area contributed by atoms with Crippen molar-refractivity contribution < 1.29 is 0 Å². The summed E-state index contributed by atoms with van der Waals surface area (Å²) in [6.45, 7) is 8.98. The van der Waals surface area contributed by atoms with Crippen molar-refractivity contribution in [3.05, 3.63) is 35.4 Å². The van der Waals surface area contributed by atoms with Gasteiger partial charge in [0, 0.05) is 59.4 Å². The van der Waals surface area contributed by atoms with E-state index in [0.717, 1.165) is 25.6 Å². The first-order valence-corrected chi connectivity index (χ1v) is 10.6. The SMILES string of the molecule is CN=C(NCc1ccc(CN2CCN(C)CC2)cc1)N1CCC2(CCC2)C1. The molecule has 1 aliphatic carbocycles. The molecule has 1 saturated carbocycles. The molecule has 1 spiro atoms. The summed E-state index contributed by atoms with van der Waals surface area (Å²) in [4.78, 5) is 12.0. The van der Waals surface area contributed by atoms with Crippen molar-refractivity contribution in [3.63, 3.8) is 0 Å². The van der Waals surface area contributed by atoms with Crippen LogP contribution in [-0.2, 0) is 13.1 Å². The van der Waals surface area contributed by atoms with Crippen LogP contribution in [0.2, 0.25) is 0 Å². The fourth-order valence-corrected chi connectivity index (χ4v) is 4.74. The lowest BCUT2D eigenvalue weighted by Gasteiger charge is -2.38. The van der Waals surface area contributed by atoms with Crippen molar-refractivity contribution in [2.24, 2.45) is 10.4 Å². The zero-order chi connectivity index (χ0) is 18.7. The molecule has 2 heterocycles. The van der Waals surface area contributed by atoms with Crippen LogP contribution in [0.1, 0.15) is 36.8 Å². The number of piperazine rings is 1. The van der Waals surface area contributed by atoms with Crippen LogP contribution in [-0.4, -0.2) is 74.0 Å². The van der Waals surface area contributed by atoms with Crippen LogP contribution in [0.4, 0.5) is 0 Å². The summed E-state index contributed by atoms with van der Waals surface area (Å²) in [5.74, 6) is 1.07. The quantitative estimate of drug-likeness (QED) is 0.653. The highest BCUT2D eigenvalue weighted by atomic mass is 15.3. The number of rotatable bonds is 4. The van der Waals surface area contributed by atoms with Gasteiger partial charge in [0.15, 0.2) is 5.96 Å². The molecule has 1 N–H and O–H groups in total. The number of hydrogen-bond donors (Lipinski definition) is 1. The molecule has 2 saturated heterocycles. The van der Waals surface area contributed by atoms with E-state index < -0.39 is 0 Å². The maximum absolute atomic E-state index is 4.53. The number of nitrogens with zero attached hydrogens (tertiary/aromatic N) is 4. The van der Waals surface area contributed by atoms with Gasteiger partial charge in [-0.15, -0.1) is 0 Å². The van der Waals surface area contributed by atoms with E-state index in [-0.39, 0.29) is 0 Å². The second-order valence-corrected chi connectivity index (χ2v) is 8.82. The highest BCUT2D eigenvalue weighted by molar-refractivity contribution is 5.80. The van der Waals surface area contributed by atoms with Crippen molar-refractivity contribution >= 4 is 5.96 Å². The van der Waals surface area contributed by atoms with Gasteiger partial charge in [-0.25, -0.2) is 0 Å². The third kappa shape index (κ3) is 4.46. The molecular formula is C22H35N5. The number of guanidine groups is 1. The summed E-state index contributed by atoms with van der Waals surface area (Å²) >= 11 is 0. The number of nitrogens with one attached hydrogen (secondary N) is 1. The molecule has 5 heteroatoms. The molecular weight excluding hydrogens is 334 g/mol. The van der Waals surface area contributed by atoms with Crippen molar-refractivity contribution in [2.45, 2.75) is 38.8 Å². The number of benzene rings is 1. The second-order valence-electron chi connectivity index (χ2n) is 8.82. The van der Waals surface area contributed by atoms with Gasteiger partial charge in [-0.05, 0) is 42.9 Å². The molecule has 0 unspecified atom stereocenters. The Morgan fingerprint density at radius 3 is 2.30 bits per heavy atom. The smallest absolute Gasteiger partial charge is 0.193 e. The zero-order valence-corrected chi connectivity index (χ0v) is 17.1. The molecule has 0 bridgehead atoms. The largest absolute Gasteiger partial charge is 0.352 e. The van der Waals surface area contributed by atoms with Crippen LogP contribution in [0.5, 0.6) is 0 Å². The standard InChI is InChI=1S/C22H35N5/c1-23-21(27-11-10-22(18-27)8-3-9-22)24-16-19-4-6-20(7-5-19)17-26-14-12-25(2)13-15-26/h4-7H,3,8-18H2,1-2H3,(H,23,24). The van der Waals surface area contributed by atoms with E-state index >= 15 is 0 Å². The van der Waals surface area contributed by atoms with E-state index in [1.54, 1.807) is 0 Å². The van der Waals surface area contributed by atoms with E-state index in [0.29, 0.717) is 5.41 Å². The normalized spacial score (nSPS) is 23.6. The summed E-state index contributed by atoms with van der Waals surface area (Å²) in [5, 5.41) is 3.58. The van der Waals surface area contributed by atoms with Crippen molar-refractivity contribution in [2.75, 3.05) is 53.4 Å². The minimum Gasteiger partial charge on any atom is -0.352 e. The molecule has 3 fully saturated rings. The second kappa shape index (κ2) is 8.19. The minimum absolute atomic E-state index is 0.614. The average Bonchev–Trinajstić information content (AvgIpc) is 3.12. The Morgan fingerprint density at radius 1 is 1.00 bits per heavy atom. The Hall–Kier alpha value is -1.59. The van der Waals surface area contributed by atoms with E-state index in [4.69, 9.17) is 0 Å². The Balaban J connectivity index is 1.25. The Kier molecular flexibility index (Phi) is 5.69. The molecule has 1 aromatic rings. The molecule has 2 aliphatic heterocycles. The fraction of sp³-hybridized carbons (Fsp3) is 0.682. The van der Waals surface area contributed by atoms with Gasteiger partial charge in [-0.2, -0.15) is 0 Å². The third-order valence-electron chi connectivity index (χ3n) is 6.84. The minimum atomic E-state index is 0.614. The van der Waals surface area contributed by atoms with Crippen LogP contribution in [0.15, 0.2) is 29.3 Å². The maximum Gasteiger partial charge on any atom is 0.193 e. The fourth-order valence-electron chi connectivity index (χ4n) is 4.74. The zero-order valence-electron chi connectivity index (χ0n) is 17.1. The van der Waals surface area contributed by atoms with Gasteiger partial charge < -0.3 is 15.1 Å². The predicted molar refractivity (Wildman–Crippen MR) is 112 cm³/mol. The Bertz CT molecular complexity index is 641. The van der Waals surface area contributed by atoms with Gasteiger partial charge >= 0.3 is 0 Å². The summed E-state index contributed by atoms with van der Waals surface area (Å²) in [6.07, 6.45) is 5.58. The lowest BCUT2D eigenvalue weighted by Crippen LogP contribution is -2.43. The van der Waals surface area contributed by atoms with Crippen molar-refractivity contribution in [1.29, 1.82) is 0 Å². The molecule has 148 valence electrons. The van der Waals surface area contributed by atoms with Crippen LogP contribution < -0.4 is 5.32 Å². The highest BCUT2D eigenvalue weighted by Crippen LogP contribution is 2.47. The number of aliphatic imine (C=N–C) groups is 1. The van der Waals surface area contributed by atoms with Gasteiger partial charge in [-0.1, -0.05) is 30.7 Å². The molecule has 0 radical (unpaired) electrons. The van der Waals surface area contributed by atoms with Gasteiger partial charge in [0.1, 0.15) is 0 Å². The average molecular weight is 370 g/mol.